The molecule has 2 aromatic rings. The van der Waals surface area contributed by atoms with E-state index in [1.54, 1.807) is 0 Å². The molecular weight excluding hydrogens is 435 g/mol. The minimum absolute atomic E-state index is 0.367. The van der Waals surface area contributed by atoms with Crippen LogP contribution < -0.4 is 4.74 Å². The fourth-order valence-corrected chi connectivity index (χ4v) is 3.76. The smallest absolute Gasteiger partial charge is 0.401 e. The summed E-state index contributed by atoms with van der Waals surface area (Å²) in [6.45, 7) is 1.42. The molecule has 9 heteroatoms. The molecule has 0 bridgehead atoms. The molecule has 1 aromatic heterocycles. The minimum atomic E-state index is -4.16. The number of halogens is 5. The van der Waals surface area contributed by atoms with Crippen molar-refractivity contribution in [2.24, 2.45) is 0 Å². The number of alkyl halides is 3. The van der Waals surface area contributed by atoms with Crippen LogP contribution in [-0.4, -0.2) is 60.8 Å². The number of ether oxygens (including phenoxy) is 1. The predicted octanol–water partition coefficient (Wildman–Crippen LogP) is 4.34. The fourth-order valence-electron chi connectivity index (χ4n) is 3.10. The highest BCUT2D eigenvalue weighted by Crippen LogP contribution is 2.34. The molecule has 0 amide bonds. The Hall–Kier alpha value is -1.09. The fraction of sp³-hybridized carbons (Fsp3) is 0.471. The summed E-state index contributed by atoms with van der Waals surface area (Å²) >= 11 is 10.0. The van der Waals surface area contributed by atoms with Gasteiger partial charge in [0.25, 0.3) is 0 Å². The van der Waals surface area contributed by atoms with Gasteiger partial charge in [0.15, 0.2) is 0 Å². The number of hydrogen-bond acceptors (Lipinski definition) is 4. The maximum atomic E-state index is 12.5. The molecule has 0 saturated carbocycles. The van der Waals surface area contributed by atoms with Gasteiger partial charge in [-0.15, -0.1) is 0 Å². The monoisotopic (exact) mass is 451 g/mol. The average molecular weight is 453 g/mol. The summed E-state index contributed by atoms with van der Waals surface area (Å²) in [6.07, 6.45) is -4.16. The second kappa shape index (κ2) is 7.88. The Balaban J connectivity index is 1.78. The van der Waals surface area contributed by atoms with Gasteiger partial charge in [0.05, 0.1) is 24.2 Å². The van der Waals surface area contributed by atoms with Crippen molar-refractivity contribution in [1.29, 1.82) is 0 Å². The summed E-state index contributed by atoms with van der Waals surface area (Å²) in [7, 11) is 1.54. The molecule has 142 valence electrons. The minimum Gasteiger partial charge on any atom is -0.481 e. The number of rotatable bonds is 4. The van der Waals surface area contributed by atoms with Crippen LogP contribution in [0.15, 0.2) is 22.7 Å². The van der Waals surface area contributed by atoms with E-state index < -0.39 is 12.7 Å². The van der Waals surface area contributed by atoms with E-state index in [1.807, 2.05) is 18.2 Å². The van der Waals surface area contributed by atoms with Gasteiger partial charge >= 0.3 is 6.18 Å². The first kappa shape index (κ1) is 19.7. The molecule has 0 aliphatic carbocycles. The van der Waals surface area contributed by atoms with Crippen molar-refractivity contribution in [1.82, 2.24) is 14.8 Å². The van der Waals surface area contributed by atoms with Gasteiger partial charge in [0.2, 0.25) is 5.88 Å². The molecule has 0 radical (unpaired) electrons. The standard InChI is InChI=1S/C17H18BrClF3N3O/c1-26-16-13(15(19)12-8-11(18)2-3-14(12)23-16)9-24-4-6-25(7-5-24)10-17(20,21)22/h2-3,8H,4-7,9-10H2,1H3. The molecule has 1 saturated heterocycles. The number of fused-ring (bicyclic) bond motifs is 1. The summed E-state index contributed by atoms with van der Waals surface area (Å²) in [5.41, 5.74) is 1.48. The van der Waals surface area contributed by atoms with Crippen LogP contribution in [0.1, 0.15) is 5.56 Å². The third-order valence-corrected chi connectivity index (χ3v) is 5.31. The van der Waals surface area contributed by atoms with Crippen molar-refractivity contribution >= 4 is 38.4 Å². The van der Waals surface area contributed by atoms with Crippen LogP contribution in [0.2, 0.25) is 5.02 Å². The lowest BCUT2D eigenvalue weighted by atomic mass is 10.1. The quantitative estimate of drug-likeness (QED) is 0.690. The van der Waals surface area contributed by atoms with Crippen molar-refractivity contribution in [3.63, 3.8) is 0 Å². The Morgan fingerprint density at radius 1 is 1.19 bits per heavy atom. The molecule has 1 aromatic carbocycles. The summed E-state index contributed by atoms with van der Waals surface area (Å²) in [5.74, 6) is 0.447. The van der Waals surface area contributed by atoms with E-state index in [-0.39, 0.29) is 0 Å². The zero-order chi connectivity index (χ0) is 18.9. The van der Waals surface area contributed by atoms with Crippen molar-refractivity contribution in [3.05, 3.63) is 33.3 Å². The molecular formula is C17H18BrClF3N3O. The average Bonchev–Trinajstić information content (AvgIpc) is 2.58. The Morgan fingerprint density at radius 3 is 2.46 bits per heavy atom. The highest BCUT2D eigenvalue weighted by Gasteiger charge is 2.32. The van der Waals surface area contributed by atoms with Crippen molar-refractivity contribution in [3.8, 4) is 5.88 Å². The zero-order valence-electron chi connectivity index (χ0n) is 14.1. The Morgan fingerprint density at radius 2 is 1.85 bits per heavy atom. The Kier molecular flexibility index (Phi) is 5.96. The number of methoxy groups -OCH3 is 1. The van der Waals surface area contributed by atoms with E-state index in [1.165, 1.54) is 12.0 Å². The number of nitrogens with zero attached hydrogens (tertiary/aromatic N) is 3. The first-order valence-electron chi connectivity index (χ1n) is 8.10. The maximum Gasteiger partial charge on any atom is 0.401 e. The molecule has 1 aliphatic heterocycles. The van der Waals surface area contributed by atoms with Crippen molar-refractivity contribution < 1.29 is 17.9 Å². The van der Waals surface area contributed by atoms with E-state index in [9.17, 15) is 13.2 Å². The van der Waals surface area contributed by atoms with Gasteiger partial charge in [0, 0.05) is 48.1 Å². The van der Waals surface area contributed by atoms with E-state index in [0.717, 1.165) is 20.9 Å². The lowest BCUT2D eigenvalue weighted by Gasteiger charge is -2.35. The molecule has 26 heavy (non-hydrogen) atoms. The summed E-state index contributed by atoms with van der Waals surface area (Å²) in [6, 6.07) is 5.63. The summed E-state index contributed by atoms with van der Waals surface area (Å²) in [5, 5.41) is 1.37. The highest BCUT2D eigenvalue weighted by atomic mass is 79.9. The molecule has 4 nitrogen and oxygen atoms in total. The second-order valence-corrected chi connectivity index (χ2v) is 7.54. The van der Waals surface area contributed by atoms with Gasteiger partial charge in [0.1, 0.15) is 0 Å². The van der Waals surface area contributed by atoms with Gasteiger partial charge in [-0.25, -0.2) is 4.98 Å². The zero-order valence-corrected chi connectivity index (χ0v) is 16.5. The van der Waals surface area contributed by atoms with Crippen LogP contribution in [0.25, 0.3) is 10.9 Å². The third-order valence-electron chi connectivity index (χ3n) is 4.38. The van der Waals surface area contributed by atoms with Crippen LogP contribution in [-0.2, 0) is 6.54 Å². The van der Waals surface area contributed by atoms with E-state index >= 15 is 0 Å². The lowest BCUT2D eigenvalue weighted by Crippen LogP contribution is -2.48. The van der Waals surface area contributed by atoms with E-state index in [4.69, 9.17) is 16.3 Å². The van der Waals surface area contributed by atoms with E-state index in [0.29, 0.717) is 43.6 Å². The predicted molar refractivity (Wildman–Crippen MR) is 98.8 cm³/mol. The van der Waals surface area contributed by atoms with E-state index in [2.05, 4.69) is 25.8 Å². The Bertz CT molecular complexity index is 795. The Labute approximate surface area is 163 Å². The summed E-state index contributed by atoms with van der Waals surface area (Å²) < 4.78 is 43.8. The van der Waals surface area contributed by atoms with Crippen LogP contribution in [0.4, 0.5) is 13.2 Å². The molecule has 3 rings (SSSR count). The highest BCUT2D eigenvalue weighted by molar-refractivity contribution is 9.10. The van der Waals surface area contributed by atoms with Gasteiger partial charge in [-0.2, -0.15) is 13.2 Å². The maximum absolute atomic E-state index is 12.5. The largest absolute Gasteiger partial charge is 0.481 e. The van der Waals surface area contributed by atoms with Crippen LogP contribution in [0.3, 0.4) is 0 Å². The summed E-state index contributed by atoms with van der Waals surface area (Å²) in [4.78, 5) is 8.00. The molecule has 1 aliphatic rings. The van der Waals surface area contributed by atoms with Crippen LogP contribution in [0.5, 0.6) is 5.88 Å². The van der Waals surface area contributed by atoms with Gasteiger partial charge in [-0.1, -0.05) is 27.5 Å². The number of benzene rings is 1. The molecule has 1 fully saturated rings. The number of hydrogen-bond donors (Lipinski definition) is 0. The molecule has 0 spiro atoms. The first-order chi connectivity index (χ1) is 12.3. The number of aromatic nitrogens is 1. The van der Waals surface area contributed by atoms with Crippen LogP contribution in [0, 0.1) is 0 Å². The van der Waals surface area contributed by atoms with Gasteiger partial charge in [-0.3, -0.25) is 9.80 Å². The molecule has 0 N–H and O–H groups in total. The number of pyridine rings is 1. The first-order valence-corrected chi connectivity index (χ1v) is 9.27. The number of piperazine rings is 1. The second-order valence-electron chi connectivity index (χ2n) is 6.24. The van der Waals surface area contributed by atoms with Gasteiger partial charge in [-0.05, 0) is 18.2 Å². The SMILES string of the molecule is COc1nc2ccc(Br)cc2c(Cl)c1CN1CCN(CC(F)(F)F)CC1. The third kappa shape index (κ3) is 4.60. The normalized spacial score (nSPS) is 17.0. The molecule has 2 heterocycles. The van der Waals surface area contributed by atoms with Crippen molar-refractivity contribution in [2.45, 2.75) is 12.7 Å². The molecule has 0 unspecified atom stereocenters. The van der Waals surface area contributed by atoms with Crippen LogP contribution >= 0.6 is 27.5 Å². The topological polar surface area (TPSA) is 28.6 Å². The van der Waals surface area contributed by atoms with Gasteiger partial charge < -0.3 is 4.74 Å². The van der Waals surface area contributed by atoms with Crippen molar-refractivity contribution in [2.75, 3.05) is 39.8 Å². The molecule has 0 atom stereocenters. The lowest BCUT2D eigenvalue weighted by molar-refractivity contribution is -0.149.